The number of benzene rings is 1. The maximum absolute atomic E-state index is 11.4. The minimum absolute atomic E-state index is 0.0188. The number of allylic oxidation sites excluding steroid dienone is 4. The summed E-state index contributed by atoms with van der Waals surface area (Å²) in [7, 11) is 0. The summed E-state index contributed by atoms with van der Waals surface area (Å²) in [6, 6.07) is 8.70. The van der Waals surface area contributed by atoms with Crippen LogP contribution in [0.15, 0.2) is 42.5 Å². The van der Waals surface area contributed by atoms with Gasteiger partial charge in [0.1, 0.15) is 0 Å². The molecule has 0 fully saturated rings. The highest BCUT2D eigenvalue weighted by atomic mass is 16.5. The van der Waals surface area contributed by atoms with Crippen LogP contribution in [-0.2, 0) is 20.9 Å². The molecule has 0 radical (unpaired) electrons. The van der Waals surface area contributed by atoms with E-state index in [1.54, 1.807) is 13.8 Å². The quantitative estimate of drug-likeness (QED) is 0.494. The lowest BCUT2D eigenvalue weighted by Crippen LogP contribution is -2.38. The van der Waals surface area contributed by atoms with Gasteiger partial charge in [0.05, 0.1) is 18.8 Å². The fraction of sp³-hybridized carbons (Fsp3) is 0.593. The topological polar surface area (TPSA) is 55.8 Å². The van der Waals surface area contributed by atoms with Gasteiger partial charge in [-0.05, 0) is 101 Å². The Morgan fingerprint density at radius 3 is 2.65 bits per heavy atom. The minimum Gasteiger partial charge on any atom is -0.479 e. The molecule has 0 bridgehead atoms. The largest absolute Gasteiger partial charge is 0.479 e. The van der Waals surface area contributed by atoms with Crippen molar-refractivity contribution in [2.45, 2.75) is 102 Å². The molecule has 31 heavy (non-hydrogen) atoms. The minimum atomic E-state index is -1.14. The molecule has 2 aliphatic carbocycles. The van der Waals surface area contributed by atoms with Gasteiger partial charge in [0.25, 0.3) is 0 Å². The van der Waals surface area contributed by atoms with Crippen molar-refractivity contribution in [2.24, 2.45) is 0 Å². The van der Waals surface area contributed by atoms with E-state index in [9.17, 15) is 9.90 Å². The van der Waals surface area contributed by atoms with E-state index < -0.39 is 11.6 Å². The number of carboxylic acid groups (broad SMARTS) is 1. The third-order valence-electron chi connectivity index (χ3n) is 6.34. The van der Waals surface area contributed by atoms with Crippen LogP contribution < -0.4 is 0 Å². The van der Waals surface area contributed by atoms with E-state index in [4.69, 9.17) is 9.47 Å². The standard InChI is InChI=1S/C27H38O4/c1-27(2,26(28)29)31-25-16-9-8-12-22(17-18-25)23-13-10-11-21(19-23)20-30-24-14-6-4-3-5-7-15-24/h3-4,10-13,19,24-25H,5-9,14-18,20H2,1-2H3,(H,28,29)/b4-3+,22-12-. The Morgan fingerprint density at radius 1 is 1.03 bits per heavy atom. The van der Waals surface area contributed by atoms with Crippen molar-refractivity contribution in [2.75, 3.05) is 0 Å². The zero-order chi connectivity index (χ0) is 22.1. The molecular weight excluding hydrogens is 388 g/mol. The summed E-state index contributed by atoms with van der Waals surface area (Å²) in [6.07, 6.45) is 17.7. The highest BCUT2D eigenvalue weighted by molar-refractivity contribution is 5.76. The van der Waals surface area contributed by atoms with Gasteiger partial charge < -0.3 is 14.6 Å². The van der Waals surface area contributed by atoms with Crippen molar-refractivity contribution in [1.29, 1.82) is 0 Å². The second kappa shape index (κ2) is 11.6. The van der Waals surface area contributed by atoms with Crippen molar-refractivity contribution in [1.82, 2.24) is 0 Å². The average Bonchev–Trinajstić information content (AvgIpc) is 2.69. The maximum Gasteiger partial charge on any atom is 0.335 e. The lowest BCUT2D eigenvalue weighted by molar-refractivity contribution is -0.169. The Morgan fingerprint density at radius 2 is 1.81 bits per heavy atom. The Kier molecular flexibility index (Phi) is 8.91. The van der Waals surface area contributed by atoms with Gasteiger partial charge in [-0.25, -0.2) is 4.79 Å². The van der Waals surface area contributed by atoms with Gasteiger partial charge in [-0.1, -0.05) is 36.4 Å². The number of ether oxygens (including phenoxy) is 2. The van der Waals surface area contributed by atoms with Crippen molar-refractivity contribution >= 4 is 11.5 Å². The van der Waals surface area contributed by atoms with Crippen molar-refractivity contribution in [3.05, 3.63) is 53.6 Å². The number of carbonyl (C=O) groups is 1. The monoisotopic (exact) mass is 426 g/mol. The molecule has 4 heteroatoms. The molecule has 4 nitrogen and oxygen atoms in total. The molecule has 170 valence electrons. The summed E-state index contributed by atoms with van der Waals surface area (Å²) in [5, 5.41) is 9.38. The Labute approximate surface area is 187 Å². The van der Waals surface area contributed by atoms with Crippen LogP contribution in [0.5, 0.6) is 0 Å². The molecule has 0 heterocycles. The number of hydrogen-bond acceptors (Lipinski definition) is 3. The smallest absolute Gasteiger partial charge is 0.335 e. The summed E-state index contributed by atoms with van der Waals surface area (Å²) in [4.78, 5) is 11.4. The Balaban J connectivity index is 1.59. The van der Waals surface area contributed by atoms with Crippen LogP contribution in [-0.4, -0.2) is 28.9 Å². The van der Waals surface area contributed by atoms with Gasteiger partial charge in [-0.2, -0.15) is 0 Å². The van der Waals surface area contributed by atoms with E-state index in [0.717, 1.165) is 57.8 Å². The first-order valence-corrected chi connectivity index (χ1v) is 11.9. The summed E-state index contributed by atoms with van der Waals surface area (Å²) in [6.45, 7) is 3.94. The van der Waals surface area contributed by atoms with Crippen LogP contribution in [0.25, 0.3) is 5.57 Å². The predicted octanol–water partition coefficient (Wildman–Crippen LogP) is 6.69. The SMILES string of the molecule is CC(C)(OC1CCC/C=C(\c2cccc(COC3CC/C=C/CCC3)c2)CC1)C(=O)O. The molecule has 0 amide bonds. The molecule has 0 saturated heterocycles. The van der Waals surface area contributed by atoms with E-state index in [-0.39, 0.29) is 6.10 Å². The predicted molar refractivity (Wildman–Crippen MR) is 125 cm³/mol. The molecule has 1 aromatic rings. The Hall–Kier alpha value is -1.91. The van der Waals surface area contributed by atoms with Gasteiger partial charge in [0.15, 0.2) is 5.60 Å². The molecule has 3 rings (SSSR count). The van der Waals surface area contributed by atoms with Gasteiger partial charge in [0.2, 0.25) is 0 Å². The number of aliphatic carboxylic acids is 1. The molecule has 1 N–H and O–H groups in total. The first-order chi connectivity index (χ1) is 14.9. The van der Waals surface area contributed by atoms with Crippen molar-refractivity contribution in [3.63, 3.8) is 0 Å². The van der Waals surface area contributed by atoms with Crippen molar-refractivity contribution in [3.8, 4) is 0 Å². The van der Waals surface area contributed by atoms with E-state index in [1.165, 1.54) is 23.1 Å². The van der Waals surface area contributed by atoms with Crippen LogP contribution in [0.3, 0.4) is 0 Å². The Bertz CT molecular complexity index is 777. The van der Waals surface area contributed by atoms with Crippen LogP contribution in [0.4, 0.5) is 0 Å². The third kappa shape index (κ3) is 7.62. The molecule has 0 saturated carbocycles. The second-order valence-corrected chi connectivity index (χ2v) is 9.37. The zero-order valence-electron chi connectivity index (χ0n) is 19.1. The van der Waals surface area contributed by atoms with E-state index >= 15 is 0 Å². The van der Waals surface area contributed by atoms with Gasteiger partial charge in [-0.3, -0.25) is 0 Å². The van der Waals surface area contributed by atoms with Crippen LogP contribution in [0.2, 0.25) is 0 Å². The summed E-state index contributed by atoms with van der Waals surface area (Å²) in [5.41, 5.74) is 2.66. The summed E-state index contributed by atoms with van der Waals surface area (Å²) in [5.74, 6) is -0.904. The molecule has 2 aliphatic rings. The summed E-state index contributed by atoms with van der Waals surface area (Å²) >= 11 is 0. The highest BCUT2D eigenvalue weighted by Crippen LogP contribution is 2.29. The molecule has 0 aliphatic heterocycles. The fourth-order valence-corrected chi connectivity index (χ4v) is 4.40. The zero-order valence-corrected chi connectivity index (χ0v) is 19.1. The lowest BCUT2D eigenvalue weighted by Gasteiger charge is -2.29. The highest BCUT2D eigenvalue weighted by Gasteiger charge is 2.31. The number of hydrogen-bond donors (Lipinski definition) is 1. The molecule has 1 aromatic carbocycles. The third-order valence-corrected chi connectivity index (χ3v) is 6.34. The summed E-state index contributed by atoms with van der Waals surface area (Å²) < 4.78 is 12.2. The molecule has 0 spiro atoms. The van der Waals surface area contributed by atoms with Crippen molar-refractivity contribution < 1.29 is 19.4 Å². The molecule has 0 aromatic heterocycles. The average molecular weight is 427 g/mol. The second-order valence-electron chi connectivity index (χ2n) is 9.37. The molecule has 2 atom stereocenters. The number of rotatable bonds is 7. The van der Waals surface area contributed by atoms with Gasteiger partial charge in [-0.15, -0.1) is 0 Å². The maximum atomic E-state index is 11.4. The van der Waals surface area contributed by atoms with Crippen LogP contribution >= 0.6 is 0 Å². The van der Waals surface area contributed by atoms with Gasteiger partial charge >= 0.3 is 5.97 Å². The fourth-order valence-electron chi connectivity index (χ4n) is 4.40. The normalized spacial score (nSPS) is 25.9. The van der Waals surface area contributed by atoms with Crippen LogP contribution in [0.1, 0.15) is 89.2 Å². The first-order valence-electron chi connectivity index (χ1n) is 11.9. The number of carboxylic acids is 1. The van der Waals surface area contributed by atoms with E-state index in [2.05, 4.69) is 42.5 Å². The van der Waals surface area contributed by atoms with Gasteiger partial charge in [0, 0.05) is 0 Å². The first kappa shape index (κ1) is 23.7. The lowest BCUT2D eigenvalue weighted by atomic mass is 9.92. The molecular formula is C27H38O4. The van der Waals surface area contributed by atoms with E-state index in [1.807, 2.05) is 0 Å². The van der Waals surface area contributed by atoms with Crippen LogP contribution in [0, 0.1) is 0 Å². The van der Waals surface area contributed by atoms with E-state index in [0.29, 0.717) is 12.7 Å². The molecule has 2 unspecified atom stereocenters.